The van der Waals surface area contributed by atoms with Crippen LogP contribution in [-0.4, -0.2) is 13.7 Å². The van der Waals surface area contributed by atoms with E-state index in [1.54, 1.807) is 7.11 Å². The number of rotatable bonds is 5. The zero-order valence-electron chi connectivity index (χ0n) is 9.92. The lowest BCUT2D eigenvalue weighted by atomic mass is 9.97. The molecule has 1 aromatic carbocycles. The van der Waals surface area contributed by atoms with Gasteiger partial charge in [-0.2, -0.15) is 0 Å². The number of hydrogen-bond acceptors (Lipinski definition) is 2. The van der Waals surface area contributed by atoms with Gasteiger partial charge in [0.1, 0.15) is 5.75 Å². The molecule has 0 heterocycles. The summed E-state index contributed by atoms with van der Waals surface area (Å²) < 4.78 is 5.37. The van der Waals surface area contributed by atoms with Gasteiger partial charge < -0.3 is 10.5 Å². The molecule has 0 fully saturated rings. The molecule has 1 rings (SSSR count). The Morgan fingerprint density at radius 3 is 2.73 bits per heavy atom. The van der Waals surface area contributed by atoms with Gasteiger partial charge in [0, 0.05) is 0 Å². The van der Waals surface area contributed by atoms with Crippen LogP contribution in [0.15, 0.2) is 18.2 Å². The standard InChI is InChI=1S/C13H21NO/c1-10-4-5-12(13(9-10)15-3)8-11(2)6-7-14/h4-5,9,11H,6-8,14H2,1-3H3. The summed E-state index contributed by atoms with van der Waals surface area (Å²) in [6.45, 7) is 5.07. The predicted molar refractivity (Wildman–Crippen MR) is 64.3 cm³/mol. The van der Waals surface area contributed by atoms with Crippen LogP contribution in [0.2, 0.25) is 0 Å². The van der Waals surface area contributed by atoms with Gasteiger partial charge in [-0.3, -0.25) is 0 Å². The molecule has 0 aliphatic carbocycles. The molecule has 0 spiro atoms. The molecule has 2 N–H and O–H groups in total. The topological polar surface area (TPSA) is 35.2 Å². The molecule has 0 aliphatic heterocycles. The van der Waals surface area contributed by atoms with Gasteiger partial charge in [-0.25, -0.2) is 0 Å². The Balaban J connectivity index is 2.75. The van der Waals surface area contributed by atoms with E-state index in [0.29, 0.717) is 5.92 Å². The number of methoxy groups -OCH3 is 1. The van der Waals surface area contributed by atoms with Crippen LogP contribution in [0.25, 0.3) is 0 Å². The van der Waals surface area contributed by atoms with Crippen LogP contribution in [-0.2, 0) is 6.42 Å². The summed E-state index contributed by atoms with van der Waals surface area (Å²) in [5.74, 6) is 1.62. The Bertz CT molecular complexity index is 309. The normalized spacial score (nSPS) is 12.5. The predicted octanol–water partition coefficient (Wildman–Crippen LogP) is 2.53. The van der Waals surface area contributed by atoms with Crippen molar-refractivity contribution in [3.05, 3.63) is 29.3 Å². The van der Waals surface area contributed by atoms with Crippen LogP contribution in [0.1, 0.15) is 24.5 Å². The molecule has 0 bridgehead atoms. The van der Waals surface area contributed by atoms with E-state index in [1.165, 1.54) is 11.1 Å². The molecule has 0 aliphatic rings. The van der Waals surface area contributed by atoms with Crippen LogP contribution in [0.4, 0.5) is 0 Å². The average molecular weight is 207 g/mol. The van der Waals surface area contributed by atoms with E-state index in [2.05, 4.69) is 32.0 Å². The van der Waals surface area contributed by atoms with Gasteiger partial charge in [-0.1, -0.05) is 19.1 Å². The number of nitrogens with two attached hydrogens (primary N) is 1. The van der Waals surface area contributed by atoms with Crippen molar-refractivity contribution in [1.82, 2.24) is 0 Å². The molecule has 0 saturated carbocycles. The zero-order chi connectivity index (χ0) is 11.3. The van der Waals surface area contributed by atoms with Gasteiger partial charge >= 0.3 is 0 Å². The van der Waals surface area contributed by atoms with Crippen molar-refractivity contribution >= 4 is 0 Å². The first-order valence-corrected chi connectivity index (χ1v) is 5.51. The van der Waals surface area contributed by atoms with E-state index in [-0.39, 0.29) is 0 Å². The second kappa shape index (κ2) is 5.76. The van der Waals surface area contributed by atoms with Crippen molar-refractivity contribution in [3.8, 4) is 5.75 Å². The van der Waals surface area contributed by atoms with Gasteiger partial charge in [0.25, 0.3) is 0 Å². The summed E-state index contributed by atoms with van der Waals surface area (Å²) in [5, 5.41) is 0. The highest BCUT2D eigenvalue weighted by Crippen LogP contribution is 2.23. The second-order valence-electron chi connectivity index (χ2n) is 4.20. The maximum atomic E-state index is 5.55. The average Bonchev–Trinajstić information content (AvgIpc) is 2.21. The molecule has 0 radical (unpaired) electrons. The van der Waals surface area contributed by atoms with E-state index in [9.17, 15) is 0 Å². The fraction of sp³-hybridized carbons (Fsp3) is 0.538. The minimum atomic E-state index is 0.617. The Morgan fingerprint density at radius 2 is 2.13 bits per heavy atom. The van der Waals surface area contributed by atoms with Crippen molar-refractivity contribution < 1.29 is 4.74 Å². The molecule has 2 nitrogen and oxygen atoms in total. The highest BCUT2D eigenvalue weighted by atomic mass is 16.5. The number of benzene rings is 1. The van der Waals surface area contributed by atoms with Crippen molar-refractivity contribution in [2.75, 3.05) is 13.7 Å². The first-order valence-electron chi connectivity index (χ1n) is 5.51. The smallest absolute Gasteiger partial charge is 0.122 e. The van der Waals surface area contributed by atoms with E-state index >= 15 is 0 Å². The SMILES string of the molecule is COc1cc(C)ccc1CC(C)CCN. The van der Waals surface area contributed by atoms with Crippen molar-refractivity contribution in [2.24, 2.45) is 11.7 Å². The molecule has 84 valence electrons. The minimum absolute atomic E-state index is 0.617. The molecule has 0 amide bonds. The first kappa shape index (κ1) is 12.1. The molecule has 1 aromatic rings. The van der Waals surface area contributed by atoms with Crippen LogP contribution in [0.3, 0.4) is 0 Å². The summed E-state index contributed by atoms with van der Waals surface area (Å²) in [5.41, 5.74) is 8.07. The van der Waals surface area contributed by atoms with Crippen LogP contribution >= 0.6 is 0 Å². The van der Waals surface area contributed by atoms with Gasteiger partial charge in [0.05, 0.1) is 7.11 Å². The molecule has 0 saturated heterocycles. The van der Waals surface area contributed by atoms with Crippen molar-refractivity contribution in [1.29, 1.82) is 0 Å². The monoisotopic (exact) mass is 207 g/mol. The third-order valence-electron chi connectivity index (χ3n) is 2.67. The Morgan fingerprint density at radius 1 is 1.40 bits per heavy atom. The maximum absolute atomic E-state index is 5.55. The highest BCUT2D eigenvalue weighted by molar-refractivity contribution is 5.37. The Kier molecular flexibility index (Phi) is 4.63. The lowest BCUT2D eigenvalue weighted by Crippen LogP contribution is -2.08. The van der Waals surface area contributed by atoms with Crippen LogP contribution in [0, 0.1) is 12.8 Å². The summed E-state index contributed by atoms with van der Waals surface area (Å²) in [6, 6.07) is 6.37. The molecule has 1 atom stereocenters. The number of hydrogen-bond donors (Lipinski definition) is 1. The lowest BCUT2D eigenvalue weighted by molar-refractivity contribution is 0.404. The fourth-order valence-corrected chi connectivity index (χ4v) is 1.78. The minimum Gasteiger partial charge on any atom is -0.496 e. The summed E-state index contributed by atoms with van der Waals surface area (Å²) in [6.07, 6.45) is 2.11. The zero-order valence-corrected chi connectivity index (χ0v) is 9.92. The van der Waals surface area contributed by atoms with Crippen LogP contribution in [0.5, 0.6) is 5.75 Å². The van der Waals surface area contributed by atoms with E-state index in [4.69, 9.17) is 10.5 Å². The summed E-state index contributed by atoms with van der Waals surface area (Å²) in [4.78, 5) is 0. The molecule has 1 unspecified atom stereocenters. The van der Waals surface area contributed by atoms with Gasteiger partial charge in [0.2, 0.25) is 0 Å². The van der Waals surface area contributed by atoms with E-state index < -0.39 is 0 Å². The maximum Gasteiger partial charge on any atom is 0.122 e. The largest absolute Gasteiger partial charge is 0.496 e. The molecule has 0 aromatic heterocycles. The third-order valence-corrected chi connectivity index (χ3v) is 2.67. The number of ether oxygens (including phenoxy) is 1. The third kappa shape index (κ3) is 3.56. The lowest BCUT2D eigenvalue weighted by Gasteiger charge is -2.13. The van der Waals surface area contributed by atoms with Crippen molar-refractivity contribution in [3.63, 3.8) is 0 Å². The fourth-order valence-electron chi connectivity index (χ4n) is 1.78. The Labute approximate surface area is 92.4 Å². The van der Waals surface area contributed by atoms with Gasteiger partial charge in [-0.05, 0) is 49.4 Å². The molecule has 2 heteroatoms. The first-order chi connectivity index (χ1) is 7.17. The van der Waals surface area contributed by atoms with E-state index in [1.807, 2.05) is 0 Å². The number of aryl methyl sites for hydroxylation is 1. The molecular weight excluding hydrogens is 186 g/mol. The molecular formula is C13H21NO. The van der Waals surface area contributed by atoms with Crippen molar-refractivity contribution in [2.45, 2.75) is 26.7 Å². The van der Waals surface area contributed by atoms with E-state index in [0.717, 1.165) is 25.1 Å². The summed E-state index contributed by atoms with van der Waals surface area (Å²) >= 11 is 0. The second-order valence-corrected chi connectivity index (χ2v) is 4.20. The Hall–Kier alpha value is -1.02. The van der Waals surface area contributed by atoms with Gasteiger partial charge in [-0.15, -0.1) is 0 Å². The van der Waals surface area contributed by atoms with Gasteiger partial charge in [0.15, 0.2) is 0 Å². The highest BCUT2D eigenvalue weighted by Gasteiger charge is 2.07. The molecule has 15 heavy (non-hydrogen) atoms. The van der Waals surface area contributed by atoms with Crippen LogP contribution < -0.4 is 10.5 Å². The summed E-state index contributed by atoms with van der Waals surface area (Å²) in [7, 11) is 1.73. The quantitative estimate of drug-likeness (QED) is 0.805.